The SMILES string of the molecule is CC(C)(C)OP(=O)(OCc1n[n+]([O-])c2cc3c(cc2[n+]1[O-])CCC3)OC(C)(C)C.CC(C)(C)OP(=O)(OCc1nc2cc3c(cc2[n+]([O-])n1)CCC3)OC(C)(C)C.O=P(O)(O)OCc1n[n+]([O-])c2cc3c(cc2[n+]1[O-])CCC3.[O-][n+]1nc(CCCO)nc2cc3c(cc21)CCC3. The molecule has 31 nitrogen and oxygen atoms in total. The lowest BCUT2D eigenvalue weighted by molar-refractivity contribution is -0.686. The standard InChI is InChI=1S/C19H28N3O6P.C19H28N3O5P.C13H15N3O2.C11H12N3O6P/c1-18(2,3)27-29(25,28-19(4,5)6)26-12-17-20-22(24)16-11-14-9-7-8-13(14)10-15(16)21(17)23;1-18(2,3)26-28(24,27-19(4,5)6)25-12-17-20-15-10-13-8-7-9-14(13)11-16(15)22(23)21-17;17-6-2-5-13-14-11-7-9-3-1-4-10(9)8-12(11)16(18)15-13;15-13-9-4-7-2-1-3-8(7)5-10(9)14(16)12-11(13)6-20-21(17,18)19/h10-11H,7-9,12H2,1-6H3;10-11H,7-9,12H2,1-6H3;7-8,17H,1-6H2;4-5H,1-3,6H2,(H2,17,18,19). The first-order valence-electron chi connectivity index (χ1n) is 31.6. The van der Waals surface area contributed by atoms with Gasteiger partial charge in [-0.25, -0.2) is 33.1 Å². The number of aryl methyl sites for hydroxylation is 9. The molecule has 0 radical (unpaired) electrons. The van der Waals surface area contributed by atoms with Crippen LogP contribution in [0.15, 0.2) is 48.5 Å². The summed E-state index contributed by atoms with van der Waals surface area (Å²) in [4.78, 5) is 28.0. The predicted octanol–water partition coefficient (Wildman–Crippen LogP) is 7.53. The number of nitrogens with zero attached hydrogens (tertiary/aromatic N) is 12. The summed E-state index contributed by atoms with van der Waals surface area (Å²) in [6, 6.07) is 14.4. The summed E-state index contributed by atoms with van der Waals surface area (Å²) in [7, 11) is -12.7. The van der Waals surface area contributed by atoms with Crippen LogP contribution in [0, 0.1) is 31.2 Å². The highest BCUT2D eigenvalue weighted by atomic mass is 31.2. The minimum atomic E-state index is -4.74. The molecule has 0 bridgehead atoms. The first kappa shape index (κ1) is 73.3. The van der Waals surface area contributed by atoms with Crippen LogP contribution >= 0.6 is 23.5 Å². The minimum absolute atomic E-state index is 0.0877. The van der Waals surface area contributed by atoms with Crippen LogP contribution < -0.4 is 28.8 Å². The number of phosphoric acid groups is 3. The van der Waals surface area contributed by atoms with E-state index in [0.29, 0.717) is 64.7 Å². The normalized spacial score (nSPS) is 14.8. The van der Waals surface area contributed by atoms with E-state index in [1.807, 2.05) is 24.3 Å². The fourth-order valence-electron chi connectivity index (χ4n) is 11.3. The van der Waals surface area contributed by atoms with Gasteiger partial charge in [-0.15, -0.1) is 0 Å². The molecule has 4 aromatic heterocycles. The smallest absolute Gasteiger partial charge is 0.476 e. The van der Waals surface area contributed by atoms with E-state index >= 15 is 0 Å². The molecule has 520 valence electrons. The Hall–Kier alpha value is -6.95. The molecule has 8 aromatic rings. The average Bonchev–Trinajstić information content (AvgIpc) is 1.24. The van der Waals surface area contributed by atoms with Gasteiger partial charge in [-0.2, -0.15) is 0 Å². The summed E-state index contributed by atoms with van der Waals surface area (Å²) < 4.78 is 75.2. The molecule has 0 saturated carbocycles. The Balaban J connectivity index is 0.000000153. The third-order valence-electron chi connectivity index (χ3n) is 15.0. The molecule has 4 aliphatic carbocycles. The fourth-order valence-corrected chi connectivity index (χ4v) is 15.1. The zero-order valence-corrected chi connectivity index (χ0v) is 58.6. The van der Waals surface area contributed by atoms with Gasteiger partial charge in [0.05, 0.1) is 32.1 Å². The van der Waals surface area contributed by atoms with Crippen LogP contribution in [0.4, 0.5) is 0 Å². The lowest BCUT2D eigenvalue weighted by Crippen LogP contribution is -2.45. The molecule has 0 atom stereocenters. The number of hydrogen-bond donors (Lipinski definition) is 3. The molecular weight excluding hydrogens is 1310 g/mol. The van der Waals surface area contributed by atoms with Gasteiger partial charge >= 0.3 is 46.2 Å². The Kier molecular flexibility index (Phi) is 22.0. The second-order valence-electron chi connectivity index (χ2n) is 27.7. The summed E-state index contributed by atoms with van der Waals surface area (Å²) in [6.07, 6.45) is 12.8. The van der Waals surface area contributed by atoms with Gasteiger partial charge in [-0.1, -0.05) is 0 Å². The third-order valence-corrected chi connectivity index (χ3v) is 19.4. The number of fused-ring (bicyclic) bond motifs is 8. The number of phosphoric ester groups is 3. The summed E-state index contributed by atoms with van der Waals surface area (Å²) in [5.74, 6) is -0.000325. The van der Waals surface area contributed by atoms with Crippen LogP contribution in [0.1, 0.15) is 183 Å². The highest BCUT2D eigenvalue weighted by molar-refractivity contribution is 7.48. The van der Waals surface area contributed by atoms with Crippen LogP contribution in [-0.4, -0.2) is 74.3 Å². The van der Waals surface area contributed by atoms with E-state index < -0.39 is 64.9 Å². The summed E-state index contributed by atoms with van der Waals surface area (Å²) in [6.45, 7) is 19.4. The number of benzene rings is 4. The Morgan fingerprint density at radius 2 is 0.698 bits per heavy atom. The van der Waals surface area contributed by atoms with Gasteiger partial charge in [0.15, 0.2) is 19.0 Å². The van der Waals surface area contributed by atoms with Crippen molar-refractivity contribution in [1.82, 2.24) is 30.4 Å². The van der Waals surface area contributed by atoms with Crippen molar-refractivity contribution < 1.29 is 89.1 Å². The molecule has 0 aliphatic heterocycles. The molecular formula is C62H83N12O19P3. The topological polar surface area (TPSA) is 415 Å². The fraction of sp³-hybridized carbons (Fsp3) is 0.548. The summed E-state index contributed by atoms with van der Waals surface area (Å²) in [5, 5.41) is 97.4. The van der Waals surface area contributed by atoms with Gasteiger partial charge < -0.3 is 46.1 Å². The van der Waals surface area contributed by atoms with Crippen molar-refractivity contribution in [3.8, 4) is 0 Å². The first-order valence-corrected chi connectivity index (χ1v) is 36.0. The van der Waals surface area contributed by atoms with Gasteiger partial charge in [0.1, 0.15) is 17.6 Å². The molecule has 96 heavy (non-hydrogen) atoms. The largest absolute Gasteiger partial charge is 0.710 e. The van der Waals surface area contributed by atoms with E-state index in [-0.39, 0.29) is 51.8 Å². The minimum Gasteiger partial charge on any atom is -0.710 e. The molecule has 12 rings (SSSR count). The van der Waals surface area contributed by atoms with E-state index in [2.05, 4.69) is 34.9 Å². The molecule has 3 N–H and O–H groups in total. The van der Waals surface area contributed by atoms with Crippen LogP contribution in [-0.2, 0) is 123 Å². The molecule has 4 aliphatic rings. The van der Waals surface area contributed by atoms with Gasteiger partial charge in [0, 0.05) is 47.5 Å². The average molecular weight is 1390 g/mol. The second kappa shape index (κ2) is 28.9. The Morgan fingerprint density at radius 3 is 1.04 bits per heavy atom. The quantitative estimate of drug-likeness (QED) is 0.0478. The van der Waals surface area contributed by atoms with E-state index in [1.165, 1.54) is 22.3 Å². The number of aliphatic hydroxyl groups excluding tert-OH is 1. The second-order valence-corrected chi connectivity index (χ2v) is 31.9. The molecule has 34 heteroatoms. The van der Waals surface area contributed by atoms with E-state index in [9.17, 15) is 44.9 Å². The van der Waals surface area contributed by atoms with E-state index in [0.717, 1.165) is 99.3 Å². The van der Waals surface area contributed by atoms with Gasteiger partial charge in [-0.3, -0.25) is 31.7 Å². The van der Waals surface area contributed by atoms with E-state index in [4.69, 9.17) is 42.0 Å². The Labute approximate surface area is 554 Å². The molecule has 0 saturated heterocycles. The van der Waals surface area contributed by atoms with Gasteiger partial charge in [-0.05, 0) is 245 Å². The highest BCUT2D eigenvalue weighted by Gasteiger charge is 2.41. The molecule has 4 aromatic carbocycles. The maximum atomic E-state index is 13.1. The molecule has 0 unspecified atom stereocenters. The Morgan fingerprint density at radius 1 is 0.406 bits per heavy atom. The van der Waals surface area contributed by atoms with Crippen molar-refractivity contribution in [2.45, 2.75) is 215 Å². The third kappa shape index (κ3) is 19.2. The molecule has 0 fully saturated rings. The Bertz CT molecular complexity index is 4340. The lowest BCUT2D eigenvalue weighted by atomic mass is 10.1. The first-order chi connectivity index (χ1) is 44.7. The zero-order chi connectivity index (χ0) is 70.1. The van der Waals surface area contributed by atoms with Crippen molar-refractivity contribution in [3.05, 3.63) is 148 Å². The maximum absolute atomic E-state index is 13.1. The monoisotopic (exact) mass is 1390 g/mol. The van der Waals surface area contributed by atoms with Crippen molar-refractivity contribution in [1.29, 1.82) is 0 Å². The summed E-state index contributed by atoms with van der Waals surface area (Å²) in [5.41, 5.74) is 8.82. The number of aromatic nitrogens is 12. The van der Waals surface area contributed by atoms with Crippen molar-refractivity contribution in [2.24, 2.45) is 0 Å². The van der Waals surface area contributed by atoms with Gasteiger partial charge in [0.25, 0.3) is 11.0 Å². The number of hydrogen-bond acceptors (Lipinski definition) is 23. The predicted molar refractivity (Wildman–Crippen MR) is 345 cm³/mol. The molecule has 0 amide bonds. The van der Waals surface area contributed by atoms with Crippen molar-refractivity contribution in [3.63, 3.8) is 0 Å². The lowest BCUT2D eigenvalue weighted by Gasteiger charge is -2.30. The van der Waals surface area contributed by atoms with Gasteiger partial charge in [0.2, 0.25) is 27.1 Å². The molecule has 0 spiro atoms. The van der Waals surface area contributed by atoms with E-state index in [1.54, 1.807) is 107 Å². The van der Waals surface area contributed by atoms with Crippen LogP contribution in [0.25, 0.3) is 44.1 Å². The summed E-state index contributed by atoms with van der Waals surface area (Å²) >= 11 is 0. The van der Waals surface area contributed by atoms with Crippen molar-refractivity contribution in [2.75, 3.05) is 6.61 Å². The number of rotatable bonds is 16. The maximum Gasteiger partial charge on any atom is 0.476 e. The van der Waals surface area contributed by atoms with Crippen LogP contribution in [0.3, 0.4) is 0 Å². The van der Waals surface area contributed by atoms with Crippen molar-refractivity contribution >= 4 is 67.6 Å². The number of aliphatic hydroxyl groups is 1. The zero-order valence-electron chi connectivity index (χ0n) is 55.9. The molecule has 4 heterocycles. The highest BCUT2D eigenvalue weighted by Crippen LogP contribution is 2.57. The van der Waals surface area contributed by atoms with Crippen LogP contribution in [0.2, 0.25) is 0 Å². The van der Waals surface area contributed by atoms with Crippen LogP contribution in [0.5, 0.6) is 0 Å².